The Morgan fingerprint density at radius 3 is 3.00 bits per heavy atom. The lowest BCUT2D eigenvalue weighted by Gasteiger charge is -1.99. The van der Waals surface area contributed by atoms with Crippen LogP contribution in [-0.4, -0.2) is 21.9 Å². The minimum Gasteiger partial charge on any atom is -0.398 e. The van der Waals surface area contributed by atoms with Crippen molar-refractivity contribution in [2.45, 2.75) is 6.42 Å². The van der Waals surface area contributed by atoms with Crippen molar-refractivity contribution in [3.63, 3.8) is 0 Å². The van der Waals surface area contributed by atoms with Crippen molar-refractivity contribution in [3.8, 4) is 11.5 Å². The average molecular weight is 223 g/mol. The fourth-order valence-corrected chi connectivity index (χ4v) is 1.28. The minimum atomic E-state index is -0.425. The molecule has 0 aliphatic rings. The highest BCUT2D eigenvalue weighted by molar-refractivity contribution is 5.70. The number of halogens is 1. The number of hydrogen-bond donors (Lipinski definition) is 2. The molecule has 2 aromatic rings. The van der Waals surface area contributed by atoms with Crippen molar-refractivity contribution in [1.29, 1.82) is 0 Å². The average Bonchev–Trinajstić information content (AvgIpc) is 2.71. The smallest absolute Gasteiger partial charge is 0.260 e. The Balaban J connectivity index is 2.38. The fourth-order valence-electron chi connectivity index (χ4n) is 1.28. The summed E-state index contributed by atoms with van der Waals surface area (Å²) in [6, 6.07) is 3.91. The van der Waals surface area contributed by atoms with E-state index in [0.29, 0.717) is 23.5 Å². The second-order valence-electron chi connectivity index (χ2n) is 3.22. The zero-order valence-corrected chi connectivity index (χ0v) is 8.35. The molecule has 0 saturated heterocycles. The van der Waals surface area contributed by atoms with Gasteiger partial charge in [-0.3, -0.25) is 0 Å². The van der Waals surface area contributed by atoms with E-state index in [4.69, 9.17) is 15.4 Å². The monoisotopic (exact) mass is 223 g/mol. The maximum Gasteiger partial charge on any atom is 0.260 e. The first-order valence-electron chi connectivity index (χ1n) is 4.69. The van der Waals surface area contributed by atoms with E-state index < -0.39 is 5.82 Å². The van der Waals surface area contributed by atoms with Gasteiger partial charge in [0.2, 0.25) is 0 Å². The van der Waals surface area contributed by atoms with Gasteiger partial charge in [-0.05, 0) is 18.2 Å². The number of aromatic nitrogens is 2. The second kappa shape index (κ2) is 4.28. The Kier molecular flexibility index (Phi) is 2.82. The number of rotatable bonds is 3. The van der Waals surface area contributed by atoms with Crippen LogP contribution in [0.15, 0.2) is 22.7 Å². The third kappa shape index (κ3) is 2.01. The lowest BCUT2D eigenvalue weighted by molar-refractivity contribution is 0.293. The van der Waals surface area contributed by atoms with Crippen LogP contribution in [-0.2, 0) is 6.42 Å². The van der Waals surface area contributed by atoms with Crippen LogP contribution in [0.5, 0.6) is 0 Å². The molecule has 3 N–H and O–H groups in total. The van der Waals surface area contributed by atoms with Gasteiger partial charge in [0.25, 0.3) is 5.89 Å². The van der Waals surface area contributed by atoms with E-state index in [9.17, 15) is 4.39 Å². The predicted molar refractivity (Wildman–Crippen MR) is 54.9 cm³/mol. The number of aliphatic hydroxyl groups is 1. The molecular weight excluding hydrogens is 213 g/mol. The summed E-state index contributed by atoms with van der Waals surface area (Å²) in [6.45, 7) is -0.0718. The van der Waals surface area contributed by atoms with E-state index in [1.165, 1.54) is 18.2 Å². The van der Waals surface area contributed by atoms with Crippen molar-refractivity contribution in [3.05, 3.63) is 29.8 Å². The number of anilines is 1. The van der Waals surface area contributed by atoms with Gasteiger partial charge in [-0.1, -0.05) is 5.16 Å². The summed E-state index contributed by atoms with van der Waals surface area (Å²) < 4.78 is 17.9. The molecule has 0 aliphatic heterocycles. The molecule has 0 amide bonds. The molecule has 0 saturated carbocycles. The van der Waals surface area contributed by atoms with Crippen LogP contribution in [0, 0.1) is 5.82 Å². The third-order valence-corrected chi connectivity index (χ3v) is 2.05. The topological polar surface area (TPSA) is 85.2 Å². The number of nitrogen functional groups attached to an aromatic ring is 1. The molecule has 1 heterocycles. The maximum absolute atomic E-state index is 13.0. The Hall–Kier alpha value is -1.95. The van der Waals surface area contributed by atoms with E-state index >= 15 is 0 Å². The van der Waals surface area contributed by atoms with E-state index in [-0.39, 0.29) is 12.5 Å². The quantitative estimate of drug-likeness (QED) is 0.758. The molecule has 0 fully saturated rings. The van der Waals surface area contributed by atoms with Crippen LogP contribution < -0.4 is 5.73 Å². The first kappa shape index (κ1) is 10.6. The summed E-state index contributed by atoms with van der Waals surface area (Å²) in [5, 5.41) is 12.3. The van der Waals surface area contributed by atoms with E-state index in [1.807, 2.05) is 0 Å². The van der Waals surface area contributed by atoms with E-state index in [1.54, 1.807) is 0 Å². The van der Waals surface area contributed by atoms with Crippen molar-refractivity contribution in [1.82, 2.24) is 10.1 Å². The highest BCUT2D eigenvalue weighted by Gasteiger charge is 2.12. The van der Waals surface area contributed by atoms with Gasteiger partial charge in [0.15, 0.2) is 5.82 Å². The minimum absolute atomic E-state index is 0.0718. The molecule has 16 heavy (non-hydrogen) atoms. The van der Waals surface area contributed by atoms with Gasteiger partial charge >= 0.3 is 0 Å². The summed E-state index contributed by atoms with van der Waals surface area (Å²) in [6.07, 6.45) is 0.290. The Morgan fingerprint density at radius 2 is 2.25 bits per heavy atom. The lowest BCUT2D eigenvalue weighted by atomic mass is 10.2. The van der Waals surface area contributed by atoms with E-state index in [2.05, 4.69) is 10.1 Å². The summed E-state index contributed by atoms with van der Waals surface area (Å²) in [5.41, 5.74) is 6.38. The molecule has 1 aromatic heterocycles. The standard InChI is InChI=1S/C10H10FN3O2/c11-6-1-2-8(12)7(5-6)10-13-9(3-4-15)14-16-10/h1-2,5,15H,3-4,12H2. The third-order valence-electron chi connectivity index (χ3n) is 2.05. The molecule has 0 unspecified atom stereocenters. The molecule has 6 heteroatoms. The predicted octanol–water partition coefficient (Wildman–Crippen LogP) is 0.993. The summed E-state index contributed by atoms with van der Waals surface area (Å²) in [7, 11) is 0. The molecule has 0 radical (unpaired) electrons. The summed E-state index contributed by atoms with van der Waals surface area (Å²) >= 11 is 0. The van der Waals surface area contributed by atoms with Gasteiger partial charge in [-0.2, -0.15) is 4.98 Å². The molecule has 0 aliphatic carbocycles. The zero-order chi connectivity index (χ0) is 11.5. The molecule has 1 aromatic carbocycles. The SMILES string of the molecule is Nc1ccc(F)cc1-c1nc(CCO)no1. The van der Waals surface area contributed by atoms with Crippen LogP contribution in [0.4, 0.5) is 10.1 Å². The van der Waals surface area contributed by atoms with Crippen LogP contribution in [0.3, 0.4) is 0 Å². The van der Waals surface area contributed by atoms with Crippen molar-refractivity contribution < 1.29 is 14.0 Å². The van der Waals surface area contributed by atoms with Gasteiger partial charge < -0.3 is 15.4 Å². The Bertz CT molecular complexity index is 499. The first-order valence-corrected chi connectivity index (χ1v) is 4.69. The number of hydrogen-bond acceptors (Lipinski definition) is 5. The Labute approximate surface area is 90.7 Å². The Morgan fingerprint density at radius 1 is 1.44 bits per heavy atom. The van der Waals surface area contributed by atoms with Crippen LogP contribution in [0.25, 0.3) is 11.5 Å². The van der Waals surface area contributed by atoms with Crippen molar-refractivity contribution in [2.75, 3.05) is 12.3 Å². The molecule has 0 spiro atoms. The summed E-state index contributed by atoms with van der Waals surface area (Å²) in [4.78, 5) is 3.99. The molecular formula is C10H10FN3O2. The largest absolute Gasteiger partial charge is 0.398 e. The molecule has 2 rings (SSSR count). The molecule has 0 bridgehead atoms. The van der Waals surface area contributed by atoms with Crippen molar-refractivity contribution >= 4 is 5.69 Å². The molecule has 0 atom stereocenters. The number of nitrogens with two attached hydrogens (primary N) is 1. The second-order valence-corrected chi connectivity index (χ2v) is 3.22. The first-order chi connectivity index (χ1) is 7.70. The lowest BCUT2D eigenvalue weighted by Crippen LogP contribution is -1.94. The molecule has 84 valence electrons. The number of nitrogens with zero attached hydrogens (tertiary/aromatic N) is 2. The van der Waals surface area contributed by atoms with E-state index in [0.717, 1.165) is 0 Å². The van der Waals surface area contributed by atoms with Crippen LogP contribution in [0.1, 0.15) is 5.82 Å². The van der Waals surface area contributed by atoms with Gasteiger partial charge in [-0.25, -0.2) is 4.39 Å². The number of benzene rings is 1. The van der Waals surface area contributed by atoms with Gasteiger partial charge in [-0.15, -0.1) is 0 Å². The zero-order valence-electron chi connectivity index (χ0n) is 8.35. The van der Waals surface area contributed by atoms with Gasteiger partial charge in [0, 0.05) is 12.1 Å². The van der Waals surface area contributed by atoms with Gasteiger partial charge in [0.1, 0.15) is 5.82 Å². The summed E-state index contributed by atoms with van der Waals surface area (Å²) in [5.74, 6) is 0.0905. The number of aliphatic hydroxyl groups excluding tert-OH is 1. The van der Waals surface area contributed by atoms with Gasteiger partial charge in [0.05, 0.1) is 12.2 Å². The highest BCUT2D eigenvalue weighted by Crippen LogP contribution is 2.24. The molecule has 5 nitrogen and oxygen atoms in total. The van der Waals surface area contributed by atoms with Crippen molar-refractivity contribution in [2.24, 2.45) is 0 Å². The fraction of sp³-hybridized carbons (Fsp3) is 0.200. The normalized spacial score (nSPS) is 10.6. The van der Waals surface area contributed by atoms with Crippen LogP contribution in [0.2, 0.25) is 0 Å². The van der Waals surface area contributed by atoms with Crippen LogP contribution >= 0.6 is 0 Å². The maximum atomic E-state index is 13.0. The highest BCUT2D eigenvalue weighted by atomic mass is 19.1.